The molecule has 5 heteroatoms. The van der Waals surface area contributed by atoms with Crippen LogP contribution in [-0.4, -0.2) is 15.7 Å². The van der Waals surface area contributed by atoms with Crippen LogP contribution in [0.3, 0.4) is 0 Å². The molecule has 1 aliphatic carbocycles. The number of carbonyl (C=O) groups excluding carboxylic acids is 1. The molecule has 1 aliphatic rings. The molecule has 1 heterocycles. The molecule has 0 unspecified atom stereocenters. The van der Waals surface area contributed by atoms with Crippen LogP contribution in [-0.2, 0) is 13.5 Å². The standard InChI is InChI=1S/C16H16N4O/c1-20-15-7-3-6-14(13(15)10-18-20)19-16(21)12-5-2-4-11(8-12)9-17/h2,4-5,8,10,14H,3,6-7H2,1H3,(H,19,21)/t14-/m1/s1. The van der Waals surface area contributed by atoms with Gasteiger partial charge in [-0.3, -0.25) is 9.48 Å². The number of aryl methyl sites for hydroxylation is 1. The van der Waals surface area contributed by atoms with Gasteiger partial charge in [0.25, 0.3) is 5.91 Å². The van der Waals surface area contributed by atoms with Gasteiger partial charge in [-0.25, -0.2) is 0 Å². The van der Waals surface area contributed by atoms with Gasteiger partial charge in [-0.2, -0.15) is 10.4 Å². The van der Waals surface area contributed by atoms with E-state index in [4.69, 9.17) is 5.26 Å². The molecule has 1 aromatic carbocycles. The lowest BCUT2D eigenvalue weighted by Crippen LogP contribution is -2.31. The summed E-state index contributed by atoms with van der Waals surface area (Å²) < 4.78 is 1.88. The third-order valence-electron chi connectivity index (χ3n) is 3.93. The quantitative estimate of drug-likeness (QED) is 0.915. The highest BCUT2D eigenvalue weighted by molar-refractivity contribution is 5.94. The first-order valence-corrected chi connectivity index (χ1v) is 7.01. The van der Waals surface area contributed by atoms with Gasteiger partial charge in [0.2, 0.25) is 0 Å². The summed E-state index contributed by atoms with van der Waals surface area (Å²) in [6, 6.07) is 8.81. The minimum Gasteiger partial charge on any atom is -0.345 e. The summed E-state index contributed by atoms with van der Waals surface area (Å²) in [5.74, 6) is -0.145. The van der Waals surface area contributed by atoms with E-state index < -0.39 is 0 Å². The molecule has 3 rings (SSSR count). The van der Waals surface area contributed by atoms with Crippen LogP contribution >= 0.6 is 0 Å². The summed E-state index contributed by atoms with van der Waals surface area (Å²) in [6.45, 7) is 0. The van der Waals surface area contributed by atoms with Gasteiger partial charge < -0.3 is 5.32 Å². The number of benzene rings is 1. The molecule has 1 N–H and O–H groups in total. The predicted octanol–water partition coefficient (Wildman–Crippen LogP) is 2.10. The molecule has 0 spiro atoms. The maximum Gasteiger partial charge on any atom is 0.251 e. The van der Waals surface area contributed by atoms with Crippen molar-refractivity contribution < 1.29 is 4.79 Å². The van der Waals surface area contributed by atoms with Gasteiger partial charge in [0.05, 0.1) is 23.9 Å². The molecule has 0 saturated carbocycles. The highest BCUT2D eigenvalue weighted by Crippen LogP contribution is 2.29. The Bertz CT molecular complexity index is 726. The van der Waals surface area contributed by atoms with Gasteiger partial charge in [-0.15, -0.1) is 0 Å². The summed E-state index contributed by atoms with van der Waals surface area (Å²) in [7, 11) is 1.93. The van der Waals surface area contributed by atoms with E-state index in [2.05, 4.69) is 16.5 Å². The van der Waals surface area contributed by atoms with E-state index in [1.807, 2.05) is 17.9 Å². The molecule has 0 saturated heterocycles. The molecule has 2 aromatic rings. The third-order valence-corrected chi connectivity index (χ3v) is 3.93. The van der Waals surface area contributed by atoms with Crippen LogP contribution in [0.25, 0.3) is 0 Å². The molecule has 5 nitrogen and oxygen atoms in total. The van der Waals surface area contributed by atoms with E-state index in [9.17, 15) is 4.79 Å². The summed E-state index contributed by atoms with van der Waals surface area (Å²) >= 11 is 0. The first-order chi connectivity index (χ1) is 10.2. The molecular formula is C16H16N4O. The number of nitrogens with zero attached hydrogens (tertiary/aromatic N) is 3. The lowest BCUT2D eigenvalue weighted by atomic mass is 9.92. The maximum atomic E-state index is 12.3. The van der Waals surface area contributed by atoms with Crippen molar-refractivity contribution in [1.82, 2.24) is 15.1 Å². The summed E-state index contributed by atoms with van der Waals surface area (Å²) in [5.41, 5.74) is 3.31. The van der Waals surface area contributed by atoms with Crippen LogP contribution < -0.4 is 5.32 Å². The van der Waals surface area contributed by atoms with Crippen molar-refractivity contribution in [3.8, 4) is 6.07 Å². The number of amides is 1. The van der Waals surface area contributed by atoms with Crippen molar-refractivity contribution in [2.24, 2.45) is 7.05 Å². The molecule has 1 atom stereocenters. The highest BCUT2D eigenvalue weighted by Gasteiger charge is 2.25. The molecule has 0 aliphatic heterocycles. The van der Waals surface area contributed by atoms with Gasteiger partial charge >= 0.3 is 0 Å². The van der Waals surface area contributed by atoms with E-state index in [0.29, 0.717) is 11.1 Å². The zero-order chi connectivity index (χ0) is 14.8. The monoisotopic (exact) mass is 280 g/mol. The van der Waals surface area contributed by atoms with Crippen LogP contribution in [0.15, 0.2) is 30.5 Å². The van der Waals surface area contributed by atoms with Crippen LogP contribution in [0.4, 0.5) is 0 Å². The number of carbonyl (C=O) groups is 1. The Labute approximate surface area is 123 Å². The minimum absolute atomic E-state index is 0.000641. The summed E-state index contributed by atoms with van der Waals surface area (Å²) in [6.07, 6.45) is 4.80. The SMILES string of the molecule is Cn1ncc2c1CCC[C@H]2NC(=O)c1cccc(C#N)c1. The minimum atomic E-state index is -0.145. The van der Waals surface area contributed by atoms with E-state index in [-0.39, 0.29) is 11.9 Å². The fraction of sp³-hybridized carbons (Fsp3) is 0.312. The lowest BCUT2D eigenvalue weighted by molar-refractivity contribution is 0.0932. The molecule has 0 fully saturated rings. The van der Waals surface area contributed by atoms with Gasteiger partial charge in [0.1, 0.15) is 0 Å². The zero-order valence-corrected chi connectivity index (χ0v) is 11.8. The van der Waals surface area contributed by atoms with E-state index >= 15 is 0 Å². The van der Waals surface area contributed by atoms with Crippen molar-refractivity contribution in [3.05, 3.63) is 52.8 Å². The number of fused-ring (bicyclic) bond motifs is 1. The Hall–Kier alpha value is -2.61. The first kappa shape index (κ1) is 13.4. The Morgan fingerprint density at radius 1 is 1.52 bits per heavy atom. The number of nitrogens with one attached hydrogen (secondary N) is 1. The largest absolute Gasteiger partial charge is 0.345 e. The maximum absolute atomic E-state index is 12.3. The van der Waals surface area contributed by atoms with Gasteiger partial charge in [0, 0.05) is 23.9 Å². The normalized spacial score (nSPS) is 16.9. The zero-order valence-electron chi connectivity index (χ0n) is 11.8. The van der Waals surface area contributed by atoms with Crippen molar-refractivity contribution in [2.75, 3.05) is 0 Å². The van der Waals surface area contributed by atoms with E-state index in [1.165, 1.54) is 5.69 Å². The Balaban J connectivity index is 1.81. The van der Waals surface area contributed by atoms with Crippen LogP contribution in [0, 0.1) is 11.3 Å². The fourth-order valence-electron chi connectivity index (χ4n) is 2.83. The average Bonchev–Trinajstić information content (AvgIpc) is 2.90. The third kappa shape index (κ3) is 2.52. The van der Waals surface area contributed by atoms with Gasteiger partial charge in [0.15, 0.2) is 0 Å². The van der Waals surface area contributed by atoms with E-state index in [0.717, 1.165) is 24.8 Å². The summed E-state index contributed by atoms with van der Waals surface area (Å²) in [4.78, 5) is 12.3. The molecule has 0 bridgehead atoms. The molecule has 0 radical (unpaired) electrons. The van der Waals surface area contributed by atoms with Gasteiger partial charge in [-0.1, -0.05) is 6.07 Å². The fourth-order valence-corrected chi connectivity index (χ4v) is 2.83. The van der Waals surface area contributed by atoms with Crippen molar-refractivity contribution in [1.29, 1.82) is 5.26 Å². The van der Waals surface area contributed by atoms with Crippen molar-refractivity contribution in [2.45, 2.75) is 25.3 Å². The molecule has 21 heavy (non-hydrogen) atoms. The molecule has 1 aromatic heterocycles. The molecular weight excluding hydrogens is 264 g/mol. The lowest BCUT2D eigenvalue weighted by Gasteiger charge is -2.23. The Kier molecular flexibility index (Phi) is 3.44. The first-order valence-electron chi connectivity index (χ1n) is 7.01. The number of aromatic nitrogens is 2. The van der Waals surface area contributed by atoms with Gasteiger partial charge in [-0.05, 0) is 37.5 Å². The summed E-state index contributed by atoms with van der Waals surface area (Å²) in [5, 5.41) is 16.2. The van der Waals surface area contributed by atoms with Crippen LogP contribution in [0.5, 0.6) is 0 Å². The van der Waals surface area contributed by atoms with E-state index in [1.54, 1.807) is 24.3 Å². The number of hydrogen-bond donors (Lipinski definition) is 1. The second-order valence-electron chi connectivity index (χ2n) is 5.28. The number of nitriles is 1. The molecule has 1 amide bonds. The van der Waals surface area contributed by atoms with Crippen LogP contribution in [0.2, 0.25) is 0 Å². The van der Waals surface area contributed by atoms with Crippen LogP contribution in [0.1, 0.15) is 46.1 Å². The average molecular weight is 280 g/mol. The number of hydrogen-bond acceptors (Lipinski definition) is 3. The topological polar surface area (TPSA) is 70.7 Å². The smallest absolute Gasteiger partial charge is 0.251 e. The van der Waals surface area contributed by atoms with Crippen molar-refractivity contribution >= 4 is 5.91 Å². The second kappa shape index (κ2) is 5.41. The van der Waals surface area contributed by atoms with Crippen molar-refractivity contribution in [3.63, 3.8) is 0 Å². The Morgan fingerprint density at radius 2 is 2.38 bits per heavy atom. The Morgan fingerprint density at radius 3 is 3.19 bits per heavy atom. The molecule has 106 valence electrons. The highest BCUT2D eigenvalue weighted by atomic mass is 16.1. The predicted molar refractivity (Wildman–Crippen MR) is 77.5 cm³/mol. The number of rotatable bonds is 2. The second-order valence-corrected chi connectivity index (χ2v) is 5.28.